The molecule has 1 N–H and O–H groups in total. The first-order chi connectivity index (χ1) is 14.4. The van der Waals surface area contributed by atoms with Gasteiger partial charge in [0.05, 0.1) is 0 Å². The SMILES string of the molecule is CCC[CH2][Sn]([CH]=CCC(O)C1CN(C)CCC1OC(=O)CC)([CH2]CCC)[CH2]CCC. The molecule has 1 rings (SSSR count). The molecule has 0 spiro atoms. The van der Waals surface area contributed by atoms with Crippen molar-refractivity contribution < 1.29 is 14.6 Å². The number of aliphatic hydroxyl groups excluding tert-OH is 1. The van der Waals surface area contributed by atoms with Crippen LogP contribution in [-0.2, 0) is 9.53 Å². The van der Waals surface area contributed by atoms with E-state index in [1.54, 1.807) is 0 Å². The van der Waals surface area contributed by atoms with Crippen LogP contribution in [0.3, 0.4) is 0 Å². The fourth-order valence-electron chi connectivity index (χ4n) is 4.74. The number of ether oxygens (including phenoxy) is 1. The molecule has 0 saturated carbocycles. The van der Waals surface area contributed by atoms with Crippen molar-refractivity contribution in [3.05, 3.63) is 10.2 Å². The van der Waals surface area contributed by atoms with Gasteiger partial charge in [-0.1, -0.05) is 0 Å². The predicted octanol–water partition coefficient (Wildman–Crippen LogP) is 5.96. The third kappa shape index (κ3) is 10.0. The van der Waals surface area contributed by atoms with E-state index in [0.29, 0.717) is 12.8 Å². The molecular weight excluding hydrogens is 481 g/mol. The molecule has 5 heteroatoms. The van der Waals surface area contributed by atoms with Crippen LogP contribution >= 0.6 is 0 Å². The molecule has 0 aromatic heterocycles. The molecule has 1 aliphatic heterocycles. The Kier molecular flexibility index (Phi) is 14.6. The molecule has 0 bridgehead atoms. The normalized spacial score (nSPS) is 21.8. The number of piperidine rings is 1. The Hall–Kier alpha value is -0.0713. The van der Waals surface area contributed by atoms with Gasteiger partial charge in [0.2, 0.25) is 0 Å². The monoisotopic (exact) mass is 531 g/mol. The number of hydrogen-bond donors (Lipinski definition) is 1. The average molecular weight is 530 g/mol. The van der Waals surface area contributed by atoms with E-state index < -0.39 is 24.5 Å². The Morgan fingerprint density at radius 1 is 1.10 bits per heavy atom. The van der Waals surface area contributed by atoms with E-state index in [0.717, 1.165) is 19.5 Å². The van der Waals surface area contributed by atoms with Gasteiger partial charge in [-0.2, -0.15) is 0 Å². The Morgan fingerprint density at radius 2 is 1.67 bits per heavy atom. The maximum atomic E-state index is 11.9. The molecule has 176 valence electrons. The number of likely N-dealkylation sites (tertiary alicyclic amines) is 1. The van der Waals surface area contributed by atoms with Gasteiger partial charge in [0.1, 0.15) is 0 Å². The molecule has 1 fully saturated rings. The van der Waals surface area contributed by atoms with Crippen molar-refractivity contribution in [1.29, 1.82) is 0 Å². The van der Waals surface area contributed by atoms with Gasteiger partial charge in [-0.3, -0.25) is 0 Å². The predicted molar refractivity (Wildman–Crippen MR) is 130 cm³/mol. The average Bonchev–Trinajstić information content (AvgIpc) is 2.75. The quantitative estimate of drug-likeness (QED) is 0.210. The zero-order valence-corrected chi connectivity index (χ0v) is 23.4. The number of hydrogen-bond acceptors (Lipinski definition) is 4. The van der Waals surface area contributed by atoms with Gasteiger partial charge in [-0.05, 0) is 0 Å². The number of nitrogens with zero attached hydrogens (tertiary/aromatic N) is 1. The zero-order valence-electron chi connectivity index (χ0n) is 20.5. The first-order valence-corrected chi connectivity index (χ1v) is 20.3. The van der Waals surface area contributed by atoms with Crippen LogP contribution in [0.15, 0.2) is 10.2 Å². The summed E-state index contributed by atoms with van der Waals surface area (Å²) >= 11 is -2.30. The fraction of sp³-hybridized carbons (Fsp3) is 0.880. The third-order valence-corrected chi connectivity index (χ3v) is 21.0. The Labute approximate surface area is 190 Å². The first-order valence-electron chi connectivity index (χ1n) is 12.6. The minimum absolute atomic E-state index is 0.00965. The summed E-state index contributed by atoms with van der Waals surface area (Å²) in [5.41, 5.74) is 0. The van der Waals surface area contributed by atoms with Crippen LogP contribution < -0.4 is 0 Å². The summed E-state index contributed by atoms with van der Waals surface area (Å²) in [6, 6.07) is 0. The van der Waals surface area contributed by atoms with Crippen LogP contribution in [0.4, 0.5) is 0 Å². The number of aliphatic hydroxyl groups is 1. The summed E-state index contributed by atoms with van der Waals surface area (Å²) in [5, 5.41) is 11.0. The van der Waals surface area contributed by atoms with Gasteiger partial charge in [-0.15, -0.1) is 0 Å². The molecule has 0 aliphatic carbocycles. The topological polar surface area (TPSA) is 49.8 Å². The summed E-state index contributed by atoms with van der Waals surface area (Å²) in [4.78, 5) is 14.1. The molecule has 1 aliphatic rings. The van der Waals surface area contributed by atoms with Crippen LogP contribution in [0.2, 0.25) is 13.3 Å². The summed E-state index contributed by atoms with van der Waals surface area (Å²) in [5.74, 6) is -0.137. The van der Waals surface area contributed by atoms with Crippen molar-refractivity contribution in [3.63, 3.8) is 0 Å². The summed E-state index contributed by atoms with van der Waals surface area (Å²) in [7, 11) is 2.09. The maximum absolute atomic E-state index is 11.9. The van der Waals surface area contributed by atoms with Gasteiger partial charge >= 0.3 is 191 Å². The van der Waals surface area contributed by atoms with E-state index >= 15 is 0 Å². The van der Waals surface area contributed by atoms with E-state index in [-0.39, 0.29) is 18.0 Å². The molecule has 3 unspecified atom stereocenters. The van der Waals surface area contributed by atoms with E-state index in [2.05, 4.69) is 42.9 Å². The van der Waals surface area contributed by atoms with Crippen molar-refractivity contribution in [2.24, 2.45) is 5.92 Å². The van der Waals surface area contributed by atoms with Gasteiger partial charge in [0.25, 0.3) is 0 Å². The molecule has 0 amide bonds. The molecule has 0 radical (unpaired) electrons. The third-order valence-electron chi connectivity index (χ3n) is 6.79. The number of carbonyl (C=O) groups excluding carboxylic acids is 1. The Morgan fingerprint density at radius 3 is 2.17 bits per heavy atom. The van der Waals surface area contributed by atoms with Crippen LogP contribution in [0.5, 0.6) is 0 Å². The number of carbonyl (C=O) groups is 1. The Balaban J connectivity index is 2.84. The second-order valence-electron chi connectivity index (χ2n) is 9.48. The van der Waals surface area contributed by atoms with Crippen LogP contribution in [-0.4, -0.2) is 66.7 Å². The number of unbranched alkanes of at least 4 members (excludes halogenated alkanes) is 3. The number of rotatable bonds is 15. The van der Waals surface area contributed by atoms with E-state index in [1.165, 1.54) is 51.8 Å². The van der Waals surface area contributed by atoms with Gasteiger partial charge in [0, 0.05) is 0 Å². The first kappa shape index (κ1) is 28.0. The van der Waals surface area contributed by atoms with Crippen molar-refractivity contribution >= 4 is 24.3 Å². The second-order valence-corrected chi connectivity index (χ2v) is 22.5. The van der Waals surface area contributed by atoms with E-state index in [9.17, 15) is 9.90 Å². The summed E-state index contributed by atoms with van der Waals surface area (Å²) in [6.07, 6.45) is 11.6. The van der Waals surface area contributed by atoms with Gasteiger partial charge in [0.15, 0.2) is 0 Å². The van der Waals surface area contributed by atoms with Crippen molar-refractivity contribution in [2.75, 3.05) is 20.1 Å². The molecule has 3 atom stereocenters. The minimum atomic E-state index is -2.30. The van der Waals surface area contributed by atoms with Gasteiger partial charge in [-0.25, -0.2) is 0 Å². The molecule has 4 nitrogen and oxygen atoms in total. The van der Waals surface area contributed by atoms with Crippen LogP contribution in [0, 0.1) is 5.92 Å². The van der Waals surface area contributed by atoms with Crippen molar-refractivity contribution in [1.82, 2.24) is 4.90 Å². The van der Waals surface area contributed by atoms with Crippen molar-refractivity contribution in [3.8, 4) is 0 Å². The van der Waals surface area contributed by atoms with Crippen molar-refractivity contribution in [2.45, 2.75) is 111 Å². The van der Waals surface area contributed by atoms with E-state index in [4.69, 9.17) is 4.74 Å². The molecular formula is C25H49NO3Sn. The number of esters is 1. The second kappa shape index (κ2) is 15.7. The van der Waals surface area contributed by atoms with Gasteiger partial charge < -0.3 is 0 Å². The molecule has 1 saturated heterocycles. The van der Waals surface area contributed by atoms with E-state index in [1.807, 2.05) is 6.92 Å². The molecule has 30 heavy (non-hydrogen) atoms. The summed E-state index contributed by atoms with van der Waals surface area (Å²) < 4.78 is 12.7. The standard InChI is InChI=1S/C13H22NO3.3C4H9.Sn/c1-4-6-11(15)10-9-14(3)8-7-12(10)17-13(16)5-2;3*1-3-4-2;/h1,4,10-12,15H,5-9H2,2-3H3;3*1,3-4H2,2H3;. The molecule has 1 heterocycles. The molecule has 0 aromatic rings. The Bertz CT molecular complexity index is 475. The van der Waals surface area contributed by atoms with Crippen LogP contribution in [0.25, 0.3) is 0 Å². The molecule has 0 aromatic carbocycles. The zero-order chi connectivity index (χ0) is 22.4. The summed E-state index contributed by atoms with van der Waals surface area (Å²) in [6.45, 7) is 10.5. The van der Waals surface area contributed by atoms with Crippen LogP contribution in [0.1, 0.15) is 85.5 Å². The fourth-order valence-corrected chi connectivity index (χ4v) is 19.2.